The quantitative estimate of drug-likeness (QED) is 0.305. The molecule has 0 saturated heterocycles. The topological polar surface area (TPSA) is 71.2 Å². The number of aromatic nitrogens is 2. The molecule has 1 aliphatic rings. The average molecular weight is 515 g/mol. The molecular weight excluding hydrogens is 489 g/mol. The van der Waals surface area contributed by atoms with Gasteiger partial charge in [-0.15, -0.1) is 11.3 Å². The standard InChI is InChI=1S/C26H25F3N4O2S/c1-3-33-15-22(25(31-33)26(27,28)29)19-9-6-5-8-18(19)21-14-32(24(34)10-7-11-35-4-2)16-23-20(21)12-17(13-30)36-23/h5-10,12,15,21H,3-4,11,14,16H2,1-2H3/b10-7+/t21-/m0/s1. The lowest BCUT2D eigenvalue weighted by Crippen LogP contribution is -2.37. The zero-order chi connectivity index (χ0) is 25.9. The molecule has 6 nitrogen and oxygen atoms in total. The molecule has 0 bridgehead atoms. The fourth-order valence-electron chi connectivity index (χ4n) is 4.38. The predicted octanol–water partition coefficient (Wildman–Crippen LogP) is 5.59. The van der Waals surface area contributed by atoms with Crippen molar-refractivity contribution < 1.29 is 22.7 Å². The summed E-state index contributed by atoms with van der Waals surface area (Å²) in [5.74, 6) is -0.622. The van der Waals surface area contributed by atoms with Gasteiger partial charge in [0.1, 0.15) is 10.9 Å². The van der Waals surface area contributed by atoms with Gasteiger partial charge in [0.2, 0.25) is 5.91 Å². The molecule has 4 rings (SSSR count). The molecule has 1 amide bonds. The molecule has 0 saturated carbocycles. The van der Waals surface area contributed by atoms with E-state index in [0.717, 1.165) is 10.4 Å². The minimum absolute atomic E-state index is 0.00250. The molecule has 188 valence electrons. The van der Waals surface area contributed by atoms with Crippen LogP contribution in [0.4, 0.5) is 13.2 Å². The Morgan fingerprint density at radius 3 is 2.75 bits per heavy atom. The number of carbonyl (C=O) groups excluding carboxylic acids is 1. The largest absolute Gasteiger partial charge is 0.435 e. The predicted molar refractivity (Wildman–Crippen MR) is 130 cm³/mol. The van der Waals surface area contributed by atoms with Crippen LogP contribution in [-0.4, -0.2) is 40.3 Å². The summed E-state index contributed by atoms with van der Waals surface area (Å²) < 4.78 is 48.3. The van der Waals surface area contributed by atoms with Crippen LogP contribution < -0.4 is 0 Å². The van der Waals surface area contributed by atoms with E-state index in [9.17, 15) is 23.2 Å². The Bertz CT molecular complexity index is 1320. The number of nitriles is 1. The van der Waals surface area contributed by atoms with Gasteiger partial charge >= 0.3 is 6.18 Å². The number of ether oxygens (including phenoxy) is 1. The van der Waals surface area contributed by atoms with Gasteiger partial charge in [0.25, 0.3) is 0 Å². The number of aryl methyl sites for hydroxylation is 1. The van der Waals surface area contributed by atoms with Gasteiger partial charge in [0.15, 0.2) is 5.69 Å². The molecule has 0 unspecified atom stereocenters. The van der Waals surface area contributed by atoms with Crippen LogP contribution in [0.2, 0.25) is 0 Å². The maximum Gasteiger partial charge on any atom is 0.435 e. The number of fused-ring (bicyclic) bond motifs is 1. The Hall–Kier alpha value is -3.42. The van der Waals surface area contributed by atoms with Crippen molar-refractivity contribution in [3.05, 3.63) is 75.3 Å². The van der Waals surface area contributed by atoms with E-state index in [0.29, 0.717) is 42.3 Å². The highest BCUT2D eigenvalue weighted by Gasteiger charge is 2.39. The summed E-state index contributed by atoms with van der Waals surface area (Å²) in [4.78, 5) is 16.0. The van der Waals surface area contributed by atoms with Crippen LogP contribution in [-0.2, 0) is 28.8 Å². The summed E-state index contributed by atoms with van der Waals surface area (Å²) in [6, 6.07) is 10.9. The van der Waals surface area contributed by atoms with Crippen molar-refractivity contribution in [2.75, 3.05) is 19.8 Å². The molecule has 0 spiro atoms. The zero-order valence-corrected chi connectivity index (χ0v) is 20.7. The molecule has 1 atom stereocenters. The first-order valence-electron chi connectivity index (χ1n) is 11.6. The maximum atomic E-state index is 13.9. The minimum Gasteiger partial charge on any atom is -0.378 e. The molecule has 36 heavy (non-hydrogen) atoms. The number of nitrogens with zero attached hydrogens (tertiary/aromatic N) is 4. The van der Waals surface area contributed by atoms with Crippen LogP contribution in [0.5, 0.6) is 0 Å². The normalized spacial score (nSPS) is 15.8. The van der Waals surface area contributed by atoms with Gasteiger partial charge in [-0.05, 0) is 36.6 Å². The van der Waals surface area contributed by atoms with Gasteiger partial charge in [-0.3, -0.25) is 9.48 Å². The molecule has 10 heteroatoms. The maximum absolute atomic E-state index is 13.9. The molecule has 1 aliphatic heterocycles. The number of benzene rings is 1. The van der Waals surface area contributed by atoms with Crippen LogP contribution >= 0.6 is 11.3 Å². The van der Waals surface area contributed by atoms with Crippen LogP contribution in [0.3, 0.4) is 0 Å². The molecule has 2 aromatic heterocycles. The van der Waals surface area contributed by atoms with Crippen LogP contribution in [0, 0.1) is 11.3 Å². The highest BCUT2D eigenvalue weighted by atomic mass is 32.1. The number of amides is 1. The lowest BCUT2D eigenvalue weighted by atomic mass is 9.83. The second-order valence-electron chi connectivity index (χ2n) is 8.27. The summed E-state index contributed by atoms with van der Waals surface area (Å²) >= 11 is 1.30. The molecule has 3 heterocycles. The lowest BCUT2D eigenvalue weighted by molar-refractivity contribution is -0.141. The molecule has 0 aliphatic carbocycles. The highest BCUT2D eigenvalue weighted by molar-refractivity contribution is 7.12. The average Bonchev–Trinajstić information content (AvgIpc) is 3.50. The molecule has 1 aromatic carbocycles. The molecule has 3 aromatic rings. The van der Waals surface area contributed by atoms with E-state index >= 15 is 0 Å². The van der Waals surface area contributed by atoms with Crippen molar-refractivity contribution in [1.82, 2.24) is 14.7 Å². The Morgan fingerprint density at radius 1 is 1.28 bits per heavy atom. The fourth-order valence-corrected chi connectivity index (χ4v) is 5.42. The van der Waals surface area contributed by atoms with Crippen LogP contribution in [0.1, 0.15) is 46.3 Å². The SMILES string of the molecule is CCOC/C=C/C(=O)N1Cc2sc(C#N)cc2[C@H](c2ccccc2-c2cn(CC)nc2C(F)(F)F)C1. The molecule has 0 radical (unpaired) electrons. The van der Waals surface area contributed by atoms with E-state index < -0.39 is 17.8 Å². The first-order valence-corrected chi connectivity index (χ1v) is 12.4. The van der Waals surface area contributed by atoms with Crippen LogP contribution in [0.25, 0.3) is 11.1 Å². The van der Waals surface area contributed by atoms with E-state index in [4.69, 9.17) is 4.74 Å². The number of alkyl halides is 3. The smallest absolute Gasteiger partial charge is 0.378 e. The Morgan fingerprint density at radius 2 is 2.06 bits per heavy atom. The van der Waals surface area contributed by atoms with Crippen molar-refractivity contribution in [2.45, 2.75) is 39.0 Å². The Balaban J connectivity index is 1.80. The highest BCUT2D eigenvalue weighted by Crippen LogP contribution is 2.44. The molecule has 0 fully saturated rings. The molecular formula is C26H25F3N4O2S. The number of halogens is 3. The molecule has 0 N–H and O–H groups in total. The monoisotopic (exact) mass is 514 g/mol. The van der Waals surface area contributed by atoms with Gasteiger partial charge in [0, 0.05) is 48.3 Å². The van der Waals surface area contributed by atoms with Gasteiger partial charge in [-0.1, -0.05) is 30.3 Å². The number of hydrogen-bond acceptors (Lipinski definition) is 5. The second-order valence-corrected chi connectivity index (χ2v) is 9.40. The summed E-state index contributed by atoms with van der Waals surface area (Å²) in [6.45, 7) is 5.34. The van der Waals surface area contributed by atoms with E-state index in [2.05, 4.69) is 11.2 Å². The first kappa shape index (κ1) is 25.7. The van der Waals surface area contributed by atoms with Crippen molar-refractivity contribution in [1.29, 1.82) is 5.26 Å². The van der Waals surface area contributed by atoms with Gasteiger partial charge in [0.05, 0.1) is 13.2 Å². The number of hydrogen-bond donors (Lipinski definition) is 0. The van der Waals surface area contributed by atoms with Gasteiger partial charge in [-0.2, -0.15) is 23.5 Å². The summed E-state index contributed by atoms with van der Waals surface area (Å²) in [5, 5.41) is 13.3. The van der Waals surface area contributed by atoms with Crippen molar-refractivity contribution in [3.8, 4) is 17.2 Å². The Labute approximate surface area is 211 Å². The third kappa shape index (κ3) is 5.22. The third-order valence-electron chi connectivity index (χ3n) is 6.04. The van der Waals surface area contributed by atoms with Gasteiger partial charge in [-0.25, -0.2) is 0 Å². The summed E-state index contributed by atoms with van der Waals surface area (Å²) in [6.07, 6.45) is -0.104. The summed E-state index contributed by atoms with van der Waals surface area (Å²) in [7, 11) is 0. The van der Waals surface area contributed by atoms with Crippen molar-refractivity contribution in [3.63, 3.8) is 0 Å². The zero-order valence-electron chi connectivity index (χ0n) is 19.9. The minimum atomic E-state index is -4.62. The van der Waals surface area contributed by atoms with E-state index in [-0.39, 0.29) is 18.0 Å². The van der Waals surface area contributed by atoms with Crippen LogP contribution in [0.15, 0.2) is 48.7 Å². The first-order chi connectivity index (χ1) is 17.3. The number of rotatable bonds is 7. The third-order valence-corrected chi connectivity index (χ3v) is 7.08. The second kappa shape index (κ2) is 10.7. The van der Waals surface area contributed by atoms with Crippen molar-refractivity contribution >= 4 is 17.2 Å². The van der Waals surface area contributed by atoms with E-state index in [1.54, 1.807) is 48.2 Å². The number of thiophene rings is 1. The fraction of sp³-hybridized carbons (Fsp3) is 0.346. The van der Waals surface area contributed by atoms with E-state index in [1.165, 1.54) is 28.3 Å². The Kier molecular flexibility index (Phi) is 7.62. The van der Waals surface area contributed by atoms with E-state index in [1.807, 2.05) is 6.92 Å². The van der Waals surface area contributed by atoms with Crippen molar-refractivity contribution in [2.24, 2.45) is 0 Å². The van der Waals surface area contributed by atoms with Gasteiger partial charge < -0.3 is 9.64 Å². The lowest BCUT2D eigenvalue weighted by Gasteiger charge is -2.33. The number of carbonyl (C=O) groups is 1. The summed E-state index contributed by atoms with van der Waals surface area (Å²) in [5.41, 5.74) is 0.979.